The van der Waals surface area contributed by atoms with Gasteiger partial charge in [-0.05, 0) is 68.8 Å². The summed E-state index contributed by atoms with van der Waals surface area (Å²) in [4.78, 5) is 2.66. The van der Waals surface area contributed by atoms with Gasteiger partial charge < -0.3 is 10.2 Å². The SMILES string of the molecule is CCCCN1c2cc(C)c(CNCC)cc2C(C)CC1(C)C. The predicted octanol–water partition coefficient (Wildman–Crippen LogP) is 5.00. The number of anilines is 1. The molecule has 1 aromatic rings. The summed E-state index contributed by atoms with van der Waals surface area (Å²) in [5.41, 5.74) is 6.18. The number of hydrogen-bond acceptors (Lipinski definition) is 2. The third-order valence-electron chi connectivity index (χ3n) is 5.14. The van der Waals surface area contributed by atoms with E-state index in [-0.39, 0.29) is 5.54 Å². The number of hydrogen-bond donors (Lipinski definition) is 1. The van der Waals surface area contributed by atoms with Crippen molar-refractivity contribution >= 4 is 5.69 Å². The van der Waals surface area contributed by atoms with Crippen molar-refractivity contribution in [3.05, 3.63) is 28.8 Å². The summed E-state index contributed by atoms with van der Waals surface area (Å²) in [6.07, 6.45) is 3.78. The number of unbranched alkanes of at least 4 members (excludes halogenated alkanes) is 1. The Bertz CT molecular complexity index is 505. The van der Waals surface area contributed by atoms with Gasteiger partial charge in [0, 0.05) is 24.3 Å². The highest BCUT2D eigenvalue weighted by atomic mass is 15.2. The van der Waals surface area contributed by atoms with Gasteiger partial charge in [0.25, 0.3) is 0 Å². The summed E-state index contributed by atoms with van der Waals surface area (Å²) in [5, 5.41) is 3.48. The first-order valence-corrected chi connectivity index (χ1v) is 9.02. The molecular weight excluding hydrogens is 268 g/mol. The van der Waals surface area contributed by atoms with Crippen LogP contribution in [0.4, 0.5) is 5.69 Å². The van der Waals surface area contributed by atoms with Gasteiger partial charge in [-0.25, -0.2) is 0 Å². The molecule has 0 saturated carbocycles. The quantitative estimate of drug-likeness (QED) is 0.795. The van der Waals surface area contributed by atoms with Crippen LogP contribution in [0.3, 0.4) is 0 Å². The van der Waals surface area contributed by atoms with Gasteiger partial charge in [-0.1, -0.05) is 33.3 Å². The minimum atomic E-state index is 0.261. The monoisotopic (exact) mass is 302 g/mol. The molecule has 0 spiro atoms. The maximum Gasteiger partial charge on any atom is 0.0408 e. The molecule has 1 atom stereocenters. The van der Waals surface area contributed by atoms with Gasteiger partial charge in [0.1, 0.15) is 0 Å². The van der Waals surface area contributed by atoms with Crippen molar-refractivity contribution in [3.8, 4) is 0 Å². The molecule has 2 heteroatoms. The lowest BCUT2D eigenvalue weighted by Crippen LogP contribution is -2.48. The Morgan fingerprint density at radius 2 is 2.00 bits per heavy atom. The van der Waals surface area contributed by atoms with Gasteiger partial charge in [0.15, 0.2) is 0 Å². The second kappa shape index (κ2) is 7.04. The predicted molar refractivity (Wildman–Crippen MR) is 97.9 cm³/mol. The van der Waals surface area contributed by atoms with Crippen molar-refractivity contribution in [1.29, 1.82) is 0 Å². The number of rotatable bonds is 6. The van der Waals surface area contributed by atoms with Crippen molar-refractivity contribution < 1.29 is 0 Å². The van der Waals surface area contributed by atoms with E-state index in [1.807, 2.05) is 0 Å². The van der Waals surface area contributed by atoms with E-state index in [4.69, 9.17) is 0 Å². The molecule has 1 heterocycles. The van der Waals surface area contributed by atoms with Gasteiger partial charge >= 0.3 is 0 Å². The third kappa shape index (κ3) is 3.48. The second-order valence-electron chi connectivity index (χ2n) is 7.54. The lowest BCUT2D eigenvalue weighted by atomic mass is 9.79. The van der Waals surface area contributed by atoms with Crippen LogP contribution in [0, 0.1) is 6.92 Å². The molecule has 0 saturated heterocycles. The van der Waals surface area contributed by atoms with Gasteiger partial charge in [-0.2, -0.15) is 0 Å². The highest BCUT2D eigenvalue weighted by molar-refractivity contribution is 5.62. The molecule has 124 valence electrons. The summed E-state index contributed by atoms with van der Waals surface area (Å²) in [6.45, 7) is 17.1. The normalized spacial score (nSPS) is 20.1. The Morgan fingerprint density at radius 1 is 1.27 bits per heavy atom. The Morgan fingerprint density at radius 3 is 2.64 bits per heavy atom. The van der Waals surface area contributed by atoms with Gasteiger partial charge in [-0.3, -0.25) is 0 Å². The number of nitrogens with one attached hydrogen (secondary N) is 1. The highest BCUT2D eigenvalue weighted by Gasteiger charge is 2.36. The summed E-state index contributed by atoms with van der Waals surface area (Å²) in [7, 11) is 0. The van der Waals surface area contributed by atoms with Crippen LogP contribution >= 0.6 is 0 Å². The molecule has 1 aromatic carbocycles. The lowest BCUT2D eigenvalue weighted by molar-refractivity contribution is 0.373. The summed E-state index contributed by atoms with van der Waals surface area (Å²) < 4.78 is 0. The highest BCUT2D eigenvalue weighted by Crippen LogP contribution is 2.44. The standard InChI is InChI=1S/C20H34N2/c1-7-9-10-22-19-11-15(3)17(14-21-8-2)12-18(19)16(4)13-20(22,5)6/h11-12,16,21H,7-10,13-14H2,1-6H3. The van der Waals surface area contributed by atoms with E-state index < -0.39 is 0 Å². The van der Waals surface area contributed by atoms with Crippen LogP contribution in [0.2, 0.25) is 0 Å². The topological polar surface area (TPSA) is 15.3 Å². The Labute approximate surface area is 137 Å². The van der Waals surface area contributed by atoms with E-state index in [1.54, 1.807) is 5.56 Å². The molecule has 0 amide bonds. The van der Waals surface area contributed by atoms with Crippen LogP contribution in [0.1, 0.15) is 76.5 Å². The van der Waals surface area contributed by atoms with Crippen LogP contribution in [0.15, 0.2) is 12.1 Å². The molecule has 2 nitrogen and oxygen atoms in total. The van der Waals surface area contributed by atoms with Crippen molar-refractivity contribution in [2.45, 2.75) is 78.8 Å². The lowest BCUT2D eigenvalue weighted by Gasteiger charge is -2.48. The first kappa shape index (κ1) is 17.3. The number of benzene rings is 1. The first-order valence-electron chi connectivity index (χ1n) is 9.02. The van der Waals surface area contributed by atoms with Crippen molar-refractivity contribution in [2.75, 3.05) is 18.0 Å². The fourth-order valence-corrected chi connectivity index (χ4v) is 3.87. The van der Waals surface area contributed by atoms with E-state index in [0.717, 1.165) is 13.1 Å². The molecule has 0 aromatic heterocycles. The molecule has 22 heavy (non-hydrogen) atoms. The molecule has 0 fully saturated rings. The Balaban J connectivity index is 2.41. The van der Waals surface area contributed by atoms with E-state index in [0.29, 0.717) is 5.92 Å². The molecular formula is C20H34N2. The zero-order valence-electron chi connectivity index (χ0n) is 15.4. The molecule has 0 radical (unpaired) electrons. The molecule has 1 N–H and O–H groups in total. The van der Waals surface area contributed by atoms with Crippen molar-refractivity contribution in [3.63, 3.8) is 0 Å². The number of aryl methyl sites for hydroxylation is 1. The second-order valence-corrected chi connectivity index (χ2v) is 7.54. The van der Waals surface area contributed by atoms with Gasteiger partial charge in [-0.15, -0.1) is 0 Å². The van der Waals surface area contributed by atoms with Crippen LogP contribution in [-0.2, 0) is 6.54 Å². The summed E-state index contributed by atoms with van der Waals surface area (Å²) in [5.74, 6) is 0.642. The zero-order valence-corrected chi connectivity index (χ0v) is 15.4. The third-order valence-corrected chi connectivity index (χ3v) is 5.14. The van der Waals surface area contributed by atoms with Crippen molar-refractivity contribution in [1.82, 2.24) is 5.32 Å². The zero-order chi connectivity index (χ0) is 16.3. The molecule has 1 unspecified atom stereocenters. The van der Waals surface area contributed by atoms with E-state index in [1.165, 1.54) is 42.6 Å². The van der Waals surface area contributed by atoms with Crippen LogP contribution in [-0.4, -0.2) is 18.6 Å². The minimum Gasteiger partial charge on any atom is -0.366 e. The summed E-state index contributed by atoms with van der Waals surface area (Å²) in [6, 6.07) is 4.90. The molecule has 2 rings (SSSR count). The molecule has 1 aliphatic rings. The molecule has 0 bridgehead atoms. The van der Waals surface area contributed by atoms with Gasteiger partial charge in [0.2, 0.25) is 0 Å². The largest absolute Gasteiger partial charge is 0.366 e. The minimum absolute atomic E-state index is 0.261. The average Bonchev–Trinajstić information content (AvgIpc) is 2.44. The van der Waals surface area contributed by atoms with Gasteiger partial charge in [0.05, 0.1) is 0 Å². The number of nitrogens with zero attached hydrogens (tertiary/aromatic N) is 1. The Hall–Kier alpha value is -1.02. The molecule has 0 aliphatic carbocycles. The fourth-order valence-electron chi connectivity index (χ4n) is 3.87. The number of fused-ring (bicyclic) bond motifs is 1. The maximum atomic E-state index is 3.48. The first-order chi connectivity index (χ1) is 10.4. The Kier molecular flexibility index (Phi) is 5.55. The van der Waals surface area contributed by atoms with Crippen LogP contribution < -0.4 is 10.2 Å². The van der Waals surface area contributed by atoms with E-state index in [2.05, 4.69) is 63.9 Å². The summed E-state index contributed by atoms with van der Waals surface area (Å²) >= 11 is 0. The van der Waals surface area contributed by atoms with Crippen LogP contribution in [0.25, 0.3) is 0 Å². The average molecular weight is 303 g/mol. The van der Waals surface area contributed by atoms with E-state index in [9.17, 15) is 0 Å². The molecule has 1 aliphatic heterocycles. The smallest absolute Gasteiger partial charge is 0.0408 e. The van der Waals surface area contributed by atoms with E-state index >= 15 is 0 Å². The maximum absolute atomic E-state index is 3.48. The fraction of sp³-hybridized carbons (Fsp3) is 0.700. The van der Waals surface area contributed by atoms with Crippen molar-refractivity contribution in [2.24, 2.45) is 0 Å². The van der Waals surface area contributed by atoms with Crippen LogP contribution in [0.5, 0.6) is 0 Å².